The molecule has 19 N–H and O–H groups in total. The monoisotopic (exact) mass is 1060 g/mol. The van der Waals surface area contributed by atoms with Crippen LogP contribution >= 0.6 is 11.8 Å². The molecule has 28 heteroatoms. The maximum atomic E-state index is 14.0. The van der Waals surface area contributed by atoms with Crippen LogP contribution in [0.25, 0.3) is 11.1 Å². The second-order valence-electron chi connectivity index (χ2n) is 16.9. The fourth-order valence-electron chi connectivity index (χ4n) is 7.71. The lowest BCUT2D eigenvalue weighted by Gasteiger charge is -2.27. The van der Waals surface area contributed by atoms with Crippen molar-refractivity contribution in [3.05, 3.63) is 59.7 Å². The number of amides is 7. The van der Waals surface area contributed by atoms with E-state index in [1.807, 2.05) is 48.5 Å². The van der Waals surface area contributed by atoms with Crippen LogP contribution in [-0.2, 0) is 47.9 Å². The van der Waals surface area contributed by atoms with Gasteiger partial charge in [-0.15, -0.1) is 0 Å². The predicted octanol–water partition coefficient (Wildman–Crippen LogP) is -1.71. The Labute approximate surface area is 429 Å². The van der Waals surface area contributed by atoms with Crippen molar-refractivity contribution in [2.75, 3.05) is 31.7 Å². The average Bonchev–Trinajstić information content (AvgIpc) is 3.66. The van der Waals surface area contributed by atoms with Crippen molar-refractivity contribution in [2.24, 2.45) is 17.2 Å². The number of carboxylic acid groups (broad SMARTS) is 3. The number of ether oxygens (including phenoxy) is 1. The van der Waals surface area contributed by atoms with Gasteiger partial charge < -0.3 is 79.8 Å². The van der Waals surface area contributed by atoms with E-state index in [9.17, 15) is 63.3 Å². The van der Waals surface area contributed by atoms with Gasteiger partial charge in [0, 0.05) is 31.8 Å². The smallest absolute Gasteiger partial charge is 0.407 e. The number of carboxylic acids is 3. The number of aliphatic carboxylic acids is 3. The SMILES string of the molecule is CSCC[C@H](NC(=O)[C@H](CCC(=O)O)NC(=O)[C@H](CC(=O)O)NC(=O)OCC1c2ccccc2-c2ccccc21)C(=O)N[C@@H](CCC(N)=O)C(=O)N[C@@H](CCCNC(=N)N)C(=O)N[C@@H](CCCNC(=N)N)C(=O)O. The number of hydrogen-bond donors (Lipinski definition) is 16. The summed E-state index contributed by atoms with van der Waals surface area (Å²) in [5.74, 6) is -11.5. The zero-order valence-electron chi connectivity index (χ0n) is 40.5. The first-order valence-corrected chi connectivity index (χ1v) is 24.7. The van der Waals surface area contributed by atoms with Crippen LogP contribution in [0.5, 0.6) is 0 Å². The third-order valence-corrected chi connectivity index (χ3v) is 12.0. The van der Waals surface area contributed by atoms with Gasteiger partial charge in [0.25, 0.3) is 0 Å². The van der Waals surface area contributed by atoms with Crippen molar-refractivity contribution in [2.45, 2.75) is 106 Å². The zero-order chi connectivity index (χ0) is 54.9. The molecule has 0 aromatic heterocycles. The van der Waals surface area contributed by atoms with Crippen LogP contribution in [-0.4, -0.2) is 155 Å². The molecule has 2 aromatic rings. The lowest BCUT2D eigenvalue weighted by Crippen LogP contribution is -2.59. The van der Waals surface area contributed by atoms with Gasteiger partial charge in [-0.05, 0) is 79.2 Å². The normalized spacial score (nSPS) is 13.8. The van der Waals surface area contributed by atoms with Crippen molar-refractivity contribution in [3.63, 3.8) is 0 Å². The molecule has 2 aromatic carbocycles. The number of carbonyl (C=O) groups is 10. The van der Waals surface area contributed by atoms with E-state index in [0.717, 1.165) is 22.3 Å². The molecule has 1 aliphatic rings. The number of hydrogen-bond acceptors (Lipinski definition) is 14. The summed E-state index contributed by atoms with van der Waals surface area (Å²) in [6.07, 6.45) is -2.81. The van der Waals surface area contributed by atoms with Gasteiger partial charge in [0.05, 0.1) is 6.42 Å². The van der Waals surface area contributed by atoms with E-state index in [-0.39, 0.29) is 69.4 Å². The van der Waals surface area contributed by atoms with E-state index in [4.69, 9.17) is 32.8 Å². The van der Waals surface area contributed by atoms with Crippen LogP contribution in [0.15, 0.2) is 48.5 Å². The highest BCUT2D eigenvalue weighted by Crippen LogP contribution is 2.44. The number of guanidine groups is 2. The Bertz CT molecular complexity index is 2330. The zero-order valence-corrected chi connectivity index (χ0v) is 41.3. The van der Waals surface area contributed by atoms with Crippen LogP contribution in [0.1, 0.15) is 81.3 Å². The van der Waals surface area contributed by atoms with Gasteiger partial charge in [0.15, 0.2) is 11.9 Å². The number of nitrogens with one attached hydrogen (secondary N) is 10. The Morgan fingerprint density at radius 1 is 0.568 bits per heavy atom. The van der Waals surface area contributed by atoms with Crippen molar-refractivity contribution in [1.29, 1.82) is 10.8 Å². The van der Waals surface area contributed by atoms with Crippen molar-refractivity contribution < 1.29 is 68.0 Å². The maximum Gasteiger partial charge on any atom is 0.407 e. The molecule has 0 heterocycles. The molecule has 7 amide bonds. The Morgan fingerprint density at radius 2 is 0.986 bits per heavy atom. The van der Waals surface area contributed by atoms with E-state index in [1.165, 1.54) is 11.8 Å². The Hall–Kier alpha value is -8.17. The molecule has 0 saturated carbocycles. The lowest BCUT2D eigenvalue weighted by molar-refractivity contribution is -0.142. The molecule has 0 aliphatic heterocycles. The number of primary amides is 1. The minimum atomic E-state index is -1.84. The molecular weight excluding hydrogens is 991 g/mol. The molecule has 0 unspecified atom stereocenters. The summed E-state index contributed by atoms with van der Waals surface area (Å²) in [5, 5.41) is 62.9. The molecule has 3 rings (SSSR count). The standard InChI is InChI=1S/C46H65N13O14S/c1-74-21-18-32(41(68)55-30(14-16-35(47)60)39(66)54-29(12-6-19-52-44(48)49)38(65)58-33(43(70)71)13-7-20-53-45(50)51)57-40(67)31(15-17-36(61)62)56-42(69)34(22-37(63)64)59-46(72)73-23-28-26-10-4-2-8-24(26)25-9-3-5-11-27(25)28/h2-5,8-11,28-34H,6-7,12-23H2,1H3,(H2,47,60)(H,54,66)(H,55,68)(H,56,69)(H,57,67)(H,58,65)(H,59,72)(H,61,62)(H,63,64)(H,70,71)(H4,48,49,52)(H4,50,51,53)/t29-,30-,31-,32-,33-,34-/m0/s1. The van der Waals surface area contributed by atoms with E-state index in [0.29, 0.717) is 0 Å². The minimum Gasteiger partial charge on any atom is -0.481 e. The molecule has 0 spiro atoms. The molecule has 404 valence electrons. The number of thioether (sulfide) groups is 1. The number of carbonyl (C=O) groups excluding carboxylic acids is 7. The van der Waals surface area contributed by atoms with Crippen molar-refractivity contribution >= 4 is 83.1 Å². The second-order valence-corrected chi connectivity index (χ2v) is 17.9. The molecule has 6 atom stereocenters. The van der Waals surface area contributed by atoms with Gasteiger partial charge in [0.2, 0.25) is 35.4 Å². The Kier molecular flexibility index (Phi) is 24.9. The first kappa shape index (κ1) is 60.1. The Balaban J connectivity index is 1.81. The van der Waals surface area contributed by atoms with Gasteiger partial charge in [-0.2, -0.15) is 11.8 Å². The van der Waals surface area contributed by atoms with E-state index in [1.54, 1.807) is 6.26 Å². The third kappa shape index (κ3) is 20.5. The molecule has 0 bridgehead atoms. The van der Waals surface area contributed by atoms with E-state index in [2.05, 4.69) is 42.5 Å². The quantitative estimate of drug-likeness (QED) is 0.0215. The average molecular weight is 1060 g/mol. The number of fused-ring (bicyclic) bond motifs is 3. The number of benzene rings is 2. The van der Waals surface area contributed by atoms with Gasteiger partial charge in [-0.3, -0.25) is 49.2 Å². The molecule has 0 saturated heterocycles. The summed E-state index contributed by atoms with van der Waals surface area (Å²) < 4.78 is 5.49. The van der Waals surface area contributed by atoms with Gasteiger partial charge >= 0.3 is 24.0 Å². The summed E-state index contributed by atoms with van der Waals surface area (Å²) in [6, 6.07) is 5.34. The highest BCUT2D eigenvalue weighted by molar-refractivity contribution is 7.98. The molecule has 0 fully saturated rings. The lowest BCUT2D eigenvalue weighted by atomic mass is 9.98. The highest BCUT2D eigenvalue weighted by atomic mass is 32.2. The van der Waals surface area contributed by atoms with Gasteiger partial charge in [-0.1, -0.05) is 48.5 Å². The predicted molar refractivity (Wildman–Crippen MR) is 268 cm³/mol. The number of nitrogens with two attached hydrogens (primary N) is 3. The van der Waals surface area contributed by atoms with E-state index >= 15 is 0 Å². The molecule has 1 aliphatic carbocycles. The number of rotatable bonds is 33. The summed E-state index contributed by atoms with van der Waals surface area (Å²) in [7, 11) is 0. The van der Waals surface area contributed by atoms with Crippen molar-refractivity contribution in [3.8, 4) is 11.1 Å². The number of alkyl carbamates (subject to hydrolysis) is 1. The summed E-state index contributed by atoms with van der Waals surface area (Å²) >= 11 is 1.25. The molecule has 74 heavy (non-hydrogen) atoms. The first-order chi connectivity index (χ1) is 35.1. The van der Waals surface area contributed by atoms with Crippen LogP contribution in [0.4, 0.5) is 4.79 Å². The highest BCUT2D eigenvalue weighted by Gasteiger charge is 2.35. The van der Waals surface area contributed by atoms with Crippen LogP contribution in [0.2, 0.25) is 0 Å². The third-order valence-electron chi connectivity index (χ3n) is 11.4. The summed E-state index contributed by atoms with van der Waals surface area (Å²) in [6.45, 7) is -0.0307. The second kappa shape index (κ2) is 30.7. The van der Waals surface area contributed by atoms with E-state index < -0.39 is 134 Å². The molecule has 27 nitrogen and oxygen atoms in total. The topological polar surface area (TPSA) is 463 Å². The fraction of sp³-hybridized carbons (Fsp3) is 0.478. The molecule has 0 radical (unpaired) electrons. The fourth-order valence-corrected chi connectivity index (χ4v) is 8.18. The van der Waals surface area contributed by atoms with Crippen LogP contribution in [0.3, 0.4) is 0 Å². The van der Waals surface area contributed by atoms with Crippen LogP contribution < -0.4 is 59.7 Å². The van der Waals surface area contributed by atoms with Gasteiger partial charge in [0.1, 0.15) is 42.9 Å². The Morgan fingerprint density at radius 3 is 1.42 bits per heavy atom. The van der Waals surface area contributed by atoms with Gasteiger partial charge in [-0.25, -0.2) is 9.59 Å². The minimum absolute atomic E-state index is 0.0515. The van der Waals surface area contributed by atoms with Crippen molar-refractivity contribution in [1.82, 2.24) is 42.5 Å². The maximum absolute atomic E-state index is 14.0. The van der Waals surface area contributed by atoms with Crippen LogP contribution in [0, 0.1) is 10.8 Å². The summed E-state index contributed by atoms with van der Waals surface area (Å²) in [5.41, 5.74) is 19.6. The largest absolute Gasteiger partial charge is 0.481 e. The molecular formula is C46H65N13O14S. The summed E-state index contributed by atoms with van der Waals surface area (Å²) in [4.78, 5) is 130. The first-order valence-electron chi connectivity index (χ1n) is 23.3.